The van der Waals surface area contributed by atoms with Crippen LogP contribution in [0.25, 0.3) is 0 Å². The minimum absolute atomic E-state index is 0.00653. The Hall–Kier alpha value is -1.14. The maximum Gasteiger partial charge on any atom is 0.318 e. The quantitative estimate of drug-likeness (QED) is 0.849. The summed E-state index contributed by atoms with van der Waals surface area (Å²) in [7, 11) is 0. The number of hydrogen-bond acceptors (Lipinski definition) is 4. The molecule has 0 aliphatic heterocycles. The molecule has 1 aliphatic rings. The van der Waals surface area contributed by atoms with Crippen molar-refractivity contribution in [2.24, 2.45) is 5.92 Å². The molecular formula is C15H25N3O2S. The molecule has 0 spiro atoms. The summed E-state index contributed by atoms with van der Waals surface area (Å²) >= 11 is 1.61. The third kappa shape index (κ3) is 4.68. The SMILES string of the molecule is CCN(CC(C)(C)O)C(=O)NC(c1nc(C)cs1)C1CC1. The summed E-state index contributed by atoms with van der Waals surface area (Å²) in [6.45, 7) is 8.22. The molecule has 118 valence electrons. The Morgan fingerprint density at radius 2 is 2.29 bits per heavy atom. The van der Waals surface area contributed by atoms with E-state index >= 15 is 0 Å². The van der Waals surface area contributed by atoms with Crippen molar-refractivity contribution < 1.29 is 9.90 Å². The number of aryl methyl sites for hydroxylation is 1. The minimum atomic E-state index is -0.889. The number of rotatable bonds is 6. The van der Waals surface area contributed by atoms with E-state index in [2.05, 4.69) is 10.3 Å². The van der Waals surface area contributed by atoms with E-state index in [0.717, 1.165) is 23.5 Å². The number of thiazole rings is 1. The highest BCUT2D eigenvalue weighted by atomic mass is 32.1. The lowest BCUT2D eigenvalue weighted by atomic mass is 10.1. The summed E-state index contributed by atoms with van der Waals surface area (Å²) < 4.78 is 0. The molecular weight excluding hydrogens is 286 g/mol. The predicted molar refractivity (Wildman–Crippen MR) is 84.4 cm³/mol. The van der Waals surface area contributed by atoms with Gasteiger partial charge in [0.25, 0.3) is 0 Å². The van der Waals surface area contributed by atoms with Gasteiger partial charge in [-0.05, 0) is 46.5 Å². The summed E-state index contributed by atoms with van der Waals surface area (Å²) in [5.41, 5.74) is 0.110. The van der Waals surface area contributed by atoms with E-state index in [1.54, 1.807) is 30.1 Å². The first-order valence-corrected chi connectivity index (χ1v) is 8.38. The molecule has 6 heteroatoms. The zero-order valence-corrected chi connectivity index (χ0v) is 14.0. The third-order valence-corrected chi connectivity index (χ3v) is 4.57. The summed E-state index contributed by atoms with van der Waals surface area (Å²) in [5, 5.41) is 16.0. The Balaban J connectivity index is 2.04. The highest BCUT2D eigenvalue weighted by Gasteiger charge is 2.36. The normalized spacial score (nSPS) is 16.6. The van der Waals surface area contributed by atoms with E-state index in [0.29, 0.717) is 19.0 Å². The maximum atomic E-state index is 12.5. The summed E-state index contributed by atoms with van der Waals surface area (Å²) in [6, 6.07) is -0.114. The van der Waals surface area contributed by atoms with Crippen LogP contribution in [0.3, 0.4) is 0 Å². The number of hydrogen-bond donors (Lipinski definition) is 2. The van der Waals surface area contributed by atoms with Crippen LogP contribution in [-0.4, -0.2) is 39.7 Å². The largest absolute Gasteiger partial charge is 0.389 e. The molecule has 1 aromatic heterocycles. The number of aromatic nitrogens is 1. The zero-order valence-electron chi connectivity index (χ0n) is 13.2. The minimum Gasteiger partial charge on any atom is -0.389 e. The van der Waals surface area contributed by atoms with Gasteiger partial charge in [0.1, 0.15) is 5.01 Å². The number of likely N-dealkylation sites (N-methyl/N-ethyl adjacent to an activating group) is 1. The van der Waals surface area contributed by atoms with Gasteiger partial charge in [-0.3, -0.25) is 0 Å². The number of urea groups is 1. The number of carbonyl (C=O) groups is 1. The molecule has 2 amide bonds. The third-order valence-electron chi connectivity index (χ3n) is 3.52. The fourth-order valence-electron chi connectivity index (χ4n) is 2.34. The first-order chi connectivity index (χ1) is 9.80. The number of nitrogens with one attached hydrogen (secondary N) is 1. The lowest BCUT2D eigenvalue weighted by Crippen LogP contribution is -2.47. The number of aliphatic hydroxyl groups is 1. The van der Waals surface area contributed by atoms with E-state index in [1.165, 1.54) is 0 Å². The molecule has 1 aromatic rings. The van der Waals surface area contributed by atoms with Crippen molar-refractivity contribution in [2.45, 2.75) is 52.2 Å². The van der Waals surface area contributed by atoms with Crippen LogP contribution in [0, 0.1) is 12.8 Å². The molecule has 1 aliphatic carbocycles. The van der Waals surface area contributed by atoms with Gasteiger partial charge < -0.3 is 15.3 Å². The van der Waals surface area contributed by atoms with Crippen molar-refractivity contribution in [3.63, 3.8) is 0 Å². The molecule has 1 saturated carbocycles. The van der Waals surface area contributed by atoms with Gasteiger partial charge >= 0.3 is 6.03 Å². The van der Waals surface area contributed by atoms with Crippen LogP contribution < -0.4 is 5.32 Å². The first-order valence-electron chi connectivity index (χ1n) is 7.50. The number of nitrogens with zero attached hydrogens (tertiary/aromatic N) is 2. The van der Waals surface area contributed by atoms with Crippen molar-refractivity contribution in [3.05, 3.63) is 16.1 Å². The van der Waals surface area contributed by atoms with Crippen LogP contribution in [0.4, 0.5) is 4.79 Å². The Kier molecular flexibility index (Phi) is 4.88. The molecule has 0 bridgehead atoms. The van der Waals surface area contributed by atoms with Crippen molar-refractivity contribution in [1.82, 2.24) is 15.2 Å². The molecule has 0 aromatic carbocycles. The number of amides is 2. The Morgan fingerprint density at radius 1 is 1.62 bits per heavy atom. The molecule has 5 nitrogen and oxygen atoms in total. The van der Waals surface area contributed by atoms with Crippen LogP contribution in [0.15, 0.2) is 5.38 Å². The lowest BCUT2D eigenvalue weighted by molar-refractivity contribution is 0.0474. The van der Waals surface area contributed by atoms with E-state index in [1.807, 2.05) is 19.2 Å². The molecule has 21 heavy (non-hydrogen) atoms. The number of carbonyl (C=O) groups excluding carboxylic acids is 1. The van der Waals surface area contributed by atoms with Gasteiger partial charge in [-0.2, -0.15) is 0 Å². The van der Waals surface area contributed by atoms with Crippen molar-refractivity contribution in [2.75, 3.05) is 13.1 Å². The Morgan fingerprint density at radius 3 is 2.71 bits per heavy atom. The molecule has 0 saturated heterocycles. The molecule has 2 N–H and O–H groups in total. The van der Waals surface area contributed by atoms with Crippen molar-refractivity contribution in [3.8, 4) is 0 Å². The van der Waals surface area contributed by atoms with Gasteiger partial charge in [-0.1, -0.05) is 0 Å². The summed E-state index contributed by atoms with van der Waals surface area (Å²) in [6.07, 6.45) is 2.28. The second-order valence-corrected chi connectivity index (χ2v) is 7.31. The molecule has 1 unspecified atom stereocenters. The van der Waals surface area contributed by atoms with Gasteiger partial charge in [0.2, 0.25) is 0 Å². The first kappa shape index (κ1) is 16.2. The topological polar surface area (TPSA) is 65.5 Å². The van der Waals surface area contributed by atoms with Crippen LogP contribution in [0.5, 0.6) is 0 Å². The Bertz CT molecular complexity index is 491. The average molecular weight is 311 g/mol. The smallest absolute Gasteiger partial charge is 0.318 e. The van der Waals surface area contributed by atoms with Crippen molar-refractivity contribution >= 4 is 17.4 Å². The van der Waals surface area contributed by atoms with E-state index in [-0.39, 0.29) is 12.1 Å². The Labute approximate surface area is 130 Å². The van der Waals surface area contributed by atoms with Crippen LogP contribution in [0.2, 0.25) is 0 Å². The second-order valence-electron chi connectivity index (χ2n) is 6.42. The second kappa shape index (κ2) is 6.32. The van der Waals surface area contributed by atoms with E-state index in [9.17, 15) is 9.90 Å². The highest BCUT2D eigenvalue weighted by molar-refractivity contribution is 7.09. The van der Waals surface area contributed by atoms with Crippen LogP contribution in [-0.2, 0) is 0 Å². The van der Waals surface area contributed by atoms with Gasteiger partial charge in [0.05, 0.1) is 18.2 Å². The molecule has 0 radical (unpaired) electrons. The van der Waals surface area contributed by atoms with Gasteiger partial charge in [0, 0.05) is 17.6 Å². The van der Waals surface area contributed by atoms with Crippen LogP contribution in [0.1, 0.15) is 50.4 Å². The standard InChI is InChI=1S/C15H25N3O2S/c1-5-18(9-15(3,4)20)14(19)17-12(11-6-7-11)13-16-10(2)8-21-13/h8,11-12,20H,5-7,9H2,1-4H3,(H,17,19). The van der Waals surface area contributed by atoms with E-state index in [4.69, 9.17) is 0 Å². The highest BCUT2D eigenvalue weighted by Crippen LogP contribution is 2.41. The molecule has 1 fully saturated rings. The fourth-order valence-corrected chi connectivity index (χ4v) is 3.28. The fraction of sp³-hybridized carbons (Fsp3) is 0.733. The molecule has 1 atom stereocenters. The monoisotopic (exact) mass is 311 g/mol. The average Bonchev–Trinajstić information content (AvgIpc) is 3.14. The maximum absolute atomic E-state index is 12.5. The van der Waals surface area contributed by atoms with Gasteiger partial charge in [0.15, 0.2) is 0 Å². The molecule has 1 heterocycles. The van der Waals surface area contributed by atoms with E-state index < -0.39 is 5.60 Å². The lowest BCUT2D eigenvalue weighted by Gasteiger charge is -2.29. The van der Waals surface area contributed by atoms with Gasteiger partial charge in [-0.15, -0.1) is 11.3 Å². The van der Waals surface area contributed by atoms with Crippen molar-refractivity contribution in [1.29, 1.82) is 0 Å². The van der Waals surface area contributed by atoms with Gasteiger partial charge in [-0.25, -0.2) is 9.78 Å². The predicted octanol–water partition coefficient (Wildman–Crippen LogP) is 2.71. The zero-order chi connectivity index (χ0) is 15.6. The summed E-state index contributed by atoms with van der Waals surface area (Å²) in [4.78, 5) is 18.6. The summed E-state index contributed by atoms with van der Waals surface area (Å²) in [5.74, 6) is 0.500. The van der Waals surface area contributed by atoms with Crippen LogP contribution >= 0.6 is 11.3 Å². The molecule has 2 rings (SSSR count).